The van der Waals surface area contributed by atoms with E-state index in [-0.39, 0.29) is 0 Å². The van der Waals surface area contributed by atoms with Crippen molar-refractivity contribution in [2.24, 2.45) is 5.92 Å². The fraction of sp³-hybridized carbons (Fsp3) is 0.400. The highest BCUT2D eigenvalue weighted by molar-refractivity contribution is 5.36. The molecule has 0 amide bonds. The Morgan fingerprint density at radius 1 is 0.952 bits per heavy atom. The maximum Gasteiger partial charge on any atom is 0.0357 e. The fourth-order valence-electron chi connectivity index (χ4n) is 3.58. The largest absolute Gasteiger partial charge is 0.310 e. The van der Waals surface area contributed by atoms with Crippen LogP contribution >= 0.6 is 0 Å². The topological polar surface area (TPSA) is 12.0 Å². The molecular formula is C20H25N. The normalized spacial score (nSPS) is 20.5. The number of aryl methyl sites for hydroxylation is 1. The number of hydrogen-bond donors (Lipinski definition) is 1. The van der Waals surface area contributed by atoms with Gasteiger partial charge in [-0.2, -0.15) is 0 Å². The van der Waals surface area contributed by atoms with Crippen LogP contribution in [0.1, 0.15) is 42.1 Å². The van der Waals surface area contributed by atoms with E-state index in [1.165, 1.54) is 28.7 Å². The van der Waals surface area contributed by atoms with E-state index in [2.05, 4.69) is 67.7 Å². The third-order valence-electron chi connectivity index (χ3n) is 4.70. The Hall–Kier alpha value is -1.60. The second kappa shape index (κ2) is 6.44. The van der Waals surface area contributed by atoms with Crippen LogP contribution in [0.5, 0.6) is 0 Å². The summed E-state index contributed by atoms with van der Waals surface area (Å²) in [6.07, 6.45) is 3.48. The van der Waals surface area contributed by atoms with Gasteiger partial charge in [0.15, 0.2) is 0 Å². The fourth-order valence-corrected chi connectivity index (χ4v) is 3.58. The lowest BCUT2D eigenvalue weighted by Crippen LogP contribution is -2.26. The molecular weight excluding hydrogens is 254 g/mol. The highest BCUT2D eigenvalue weighted by Crippen LogP contribution is 2.37. The summed E-state index contributed by atoms with van der Waals surface area (Å²) in [5, 5.41) is 3.69. The van der Waals surface area contributed by atoms with E-state index < -0.39 is 0 Å². The Labute approximate surface area is 128 Å². The van der Waals surface area contributed by atoms with Crippen LogP contribution in [0, 0.1) is 5.92 Å². The molecule has 2 aromatic rings. The Morgan fingerprint density at radius 2 is 1.67 bits per heavy atom. The second-order valence-electron chi connectivity index (χ2n) is 6.07. The van der Waals surface area contributed by atoms with Crippen molar-refractivity contribution in [1.29, 1.82) is 0 Å². The van der Waals surface area contributed by atoms with Gasteiger partial charge in [0, 0.05) is 6.04 Å². The van der Waals surface area contributed by atoms with Crippen molar-refractivity contribution in [3.05, 3.63) is 70.8 Å². The molecule has 0 bridgehead atoms. The van der Waals surface area contributed by atoms with Gasteiger partial charge >= 0.3 is 0 Å². The van der Waals surface area contributed by atoms with Gasteiger partial charge in [-0.05, 0) is 54.0 Å². The highest BCUT2D eigenvalue weighted by Gasteiger charge is 2.31. The molecule has 0 spiro atoms. The molecule has 1 N–H and O–H groups in total. The van der Waals surface area contributed by atoms with Gasteiger partial charge in [0.05, 0.1) is 0 Å². The molecule has 1 heteroatoms. The average Bonchev–Trinajstić information content (AvgIpc) is 2.86. The quantitative estimate of drug-likeness (QED) is 0.859. The number of fused-ring (bicyclic) bond motifs is 1. The van der Waals surface area contributed by atoms with Gasteiger partial charge < -0.3 is 5.32 Å². The maximum atomic E-state index is 3.69. The van der Waals surface area contributed by atoms with Gasteiger partial charge in [0.2, 0.25) is 0 Å². The van der Waals surface area contributed by atoms with Crippen molar-refractivity contribution in [3.63, 3.8) is 0 Å². The van der Waals surface area contributed by atoms with Crippen molar-refractivity contribution in [3.8, 4) is 0 Å². The minimum Gasteiger partial charge on any atom is -0.310 e. The van der Waals surface area contributed by atoms with Crippen molar-refractivity contribution in [2.75, 3.05) is 6.54 Å². The molecule has 1 nitrogen and oxygen atoms in total. The summed E-state index contributed by atoms with van der Waals surface area (Å²) in [6, 6.07) is 18.6. The van der Waals surface area contributed by atoms with Crippen LogP contribution in [0.2, 0.25) is 0 Å². The lowest BCUT2D eigenvalue weighted by atomic mass is 9.92. The first kappa shape index (κ1) is 14.3. The van der Waals surface area contributed by atoms with E-state index in [1.54, 1.807) is 0 Å². The minimum atomic E-state index is 0.511. The van der Waals surface area contributed by atoms with E-state index in [0.29, 0.717) is 12.0 Å². The summed E-state index contributed by atoms with van der Waals surface area (Å²) in [4.78, 5) is 0. The molecule has 0 radical (unpaired) electrons. The van der Waals surface area contributed by atoms with E-state index in [1.807, 2.05) is 0 Å². The number of hydrogen-bond acceptors (Lipinski definition) is 1. The maximum absolute atomic E-state index is 3.69. The lowest BCUT2D eigenvalue weighted by Gasteiger charge is -2.21. The average molecular weight is 279 g/mol. The van der Waals surface area contributed by atoms with E-state index in [0.717, 1.165) is 19.4 Å². The van der Waals surface area contributed by atoms with E-state index in [4.69, 9.17) is 0 Å². The third-order valence-corrected chi connectivity index (χ3v) is 4.70. The van der Waals surface area contributed by atoms with Crippen LogP contribution in [0.4, 0.5) is 0 Å². The zero-order valence-corrected chi connectivity index (χ0v) is 13.1. The molecule has 1 aliphatic rings. The molecule has 1 aliphatic carbocycles. The first-order valence-electron chi connectivity index (χ1n) is 8.20. The third kappa shape index (κ3) is 3.03. The molecule has 2 unspecified atom stereocenters. The Balaban J connectivity index is 1.78. The molecule has 0 aromatic heterocycles. The summed E-state index contributed by atoms with van der Waals surface area (Å²) < 4.78 is 0. The molecule has 0 saturated heterocycles. The molecule has 0 aliphatic heterocycles. The number of nitrogens with one attached hydrogen (secondary N) is 1. The monoisotopic (exact) mass is 279 g/mol. The number of rotatable bonds is 5. The summed E-state index contributed by atoms with van der Waals surface area (Å²) in [5.74, 6) is 0.676. The molecule has 3 rings (SSSR count). The molecule has 0 saturated carbocycles. The Kier molecular flexibility index (Phi) is 4.40. The van der Waals surface area contributed by atoms with Crippen LogP contribution in [0.25, 0.3) is 0 Å². The summed E-state index contributed by atoms with van der Waals surface area (Å²) in [7, 11) is 0. The molecule has 21 heavy (non-hydrogen) atoms. The Morgan fingerprint density at radius 3 is 2.38 bits per heavy atom. The summed E-state index contributed by atoms with van der Waals surface area (Å²) >= 11 is 0. The molecule has 110 valence electrons. The van der Waals surface area contributed by atoms with Crippen molar-refractivity contribution >= 4 is 0 Å². The van der Waals surface area contributed by atoms with Gasteiger partial charge in [-0.15, -0.1) is 0 Å². The standard InChI is InChI=1S/C20H25N/c1-3-15-9-11-16(12-10-15)13-18-14-17-7-5-6-8-19(17)20(18)21-4-2/h5-12,18,20-21H,3-4,13-14H2,1-2H3. The van der Waals surface area contributed by atoms with E-state index >= 15 is 0 Å². The predicted molar refractivity (Wildman–Crippen MR) is 89.6 cm³/mol. The van der Waals surface area contributed by atoms with Crippen molar-refractivity contribution in [2.45, 2.75) is 39.2 Å². The van der Waals surface area contributed by atoms with Crippen LogP contribution in [0.3, 0.4) is 0 Å². The zero-order valence-electron chi connectivity index (χ0n) is 13.1. The van der Waals surface area contributed by atoms with Crippen LogP contribution in [-0.2, 0) is 19.3 Å². The van der Waals surface area contributed by atoms with E-state index in [9.17, 15) is 0 Å². The summed E-state index contributed by atoms with van der Waals surface area (Å²) in [6.45, 7) is 5.45. The molecule has 0 heterocycles. The van der Waals surface area contributed by atoms with Gasteiger partial charge in [-0.25, -0.2) is 0 Å². The van der Waals surface area contributed by atoms with Crippen LogP contribution in [-0.4, -0.2) is 6.54 Å². The smallest absolute Gasteiger partial charge is 0.0357 e. The van der Waals surface area contributed by atoms with Gasteiger partial charge in [0.1, 0.15) is 0 Å². The van der Waals surface area contributed by atoms with Crippen molar-refractivity contribution < 1.29 is 0 Å². The molecule has 0 fully saturated rings. The first-order valence-corrected chi connectivity index (χ1v) is 8.20. The van der Waals surface area contributed by atoms with Crippen LogP contribution in [0.15, 0.2) is 48.5 Å². The SMILES string of the molecule is CCNC1c2ccccc2CC1Cc1ccc(CC)cc1. The van der Waals surface area contributed by atoms with Gasteiger partial charge in [-0.3, -0.25) is 0 Å². The van der Waals surface area contributed by atoms with Gasteiger partial charge in [0.25, 0.3) is 0 Å². The number of benzene rings is 2. The lowest BCUT2D eigenvalue weighted by molar-refractivity contribution is 0.394. The first-order chi connectivity index (χ1) is 10.3. The second-order valence-corrected chi connectivity index (χ2v) is 6.07. The van der Waals surface area contributed by atoms with Crippen LogP contribution < -0.4 is 5.32 Å². The summed E-state index contributed by atoms with van der Waals surface area (Å²) in [5.41, 5.74) is 5.93. The predicted octanol–water partition coefficient (Wildman–Crippen LogP) is 4.31. The minimum absolute atomic E-state index is 0.511. The van der Waals surface area contributed by atoms with Gasteiger partial charge in [-0.1, -0.05) is 62.4 Å². The molecule has 2 aromatic carbocycles. The molecule has 2 atom stereocenters. The zero-order chi connectivity index (χ0) is 14.7. The Bertz CT molecular complexity index is 585. The van der Waals surface area contributed by atoms with Crippen molar-refractivity contribution in [1.82, 2.24) is 5.32 Å². The highest BCUT2D eigenvalue weighted by atomic mass is 14.9.